The van der Waals surface area contributed by atoms with E-state index in [9.17, 15) is 22.8 Å². The average Bonchev–Trinajstić information content (AvgIpc) is 3.21. The van der Waals surface area contributed by atoms with Gasteiger partial charge < -0.3 is 14.6 Å². The number of hydrogen-bond acceptors (Lipinski definition) is 4. The van der Waals surface area contributed by atoms with Gasteiger partial charge in [0, 0.05) is 31.9 Å². The van der Waals surface area contributed by atoms with Gasteiger partial charge in [-0.3, -0.25) is 14.5 Å². The third kappa shape index (κ3) is 4.53. The number of nitrogens with one attached hydrogen (secondary N) is 1. The number of alkyl halides is 3. The first kappa shape index (κ1) is 19.9. The minimum absolute atomic E-state index is 0.116. The number of halogens is 3. The number of benzene rings is 1. The van der Waals surface area contributed by atoms with Gasteiger partial charge in [0.15, 0.2) is 0 Å². The van der Waals surface area contributed by atoms with E-state index in [4.69, 9.17) is 4.42 Å². The molecule has 1 aromatic carbocycles. The average molecular weight is 395 g/mol. The minimum Gasteiger partial charge on any atom is -0.472 e. The zero-order valence-corrected chi connectivity index (χ0v) is 15.2. The molecular formula is C19H20F3N3O3. The summed E-state index contributed by atoms with van der Waals surface area (Å²) in [5.41, 5.74) is 0.0251. The summed E-state index contributed by atoms with van der Waals surface area (Å²) < 4.78 is 42.7. The van der Waals surface area contributed by atoms with Gasteiger partial charge in [0.1, 0.15) is 6.26 Å². The van der Waals surface area contributed by atoms with Crippen LogP contribution in [0.2, 0.25) is 0 Å². The quantitative estimate of drug-likeness (QED) is 0.864. The minimum atomic E-state index is -4.41. The summed E-state index contributed by atoms with van der Waals surface area (Å²) in [4.78, 5) is 28.4. The Morgan fingerprint density at radius 3 is 2.25 bits per heavy atom. The van der Waals surface area contributed by atoms with Gasteiger partial charge in [-0.1, -0.05) is 0 Å². The fourth-order valence-electron chi connectivity index (χ4n) is 3.04. The summed E-state index contributed by atoms with van der Waals surface area (Å²) >= 11 is 0. The Kier molecular flexibility index (Phi) is 5.73. The molecule has 1 aliphatic heterocycles. The van der Waals surface area contributed by atoms with Crippen molar-refractivity contribution in [3.05, 3.63) is 54.0 Å². The molecule has 0 saturated carbocycles. The van der Waals surface area contributed by atoms with Gasteiger partial charge in [-0.05, 0) is 37.3 Å². The van der Waals surface area contributed by atoms with Crippen molar-refractivity contribution in [2.45, 2.75) is 19.1 Å². The van der Waals surface area contributed by atoms with Gasteiger partial charge in [0.05, 0.1) is 23.4 Å². The van der Waals surface area contributed by atoms with Crippen LogP contribution < -0.4 is 5.32 Å². The fraction of sp³-hybridized carbons (Fsp3) is 0.368. The topological polar surface area (TPSA) is 65.8 Å². The van der Waals surface area contributed by atoms with Crippen LogP contribution in [0.3, 0.4) is 0 Å². The third-order valence-corrected chi connectivity index (χ3v) is 4.78. The number of rotatable bonds is 4. The standard InChI is InChI=1S/C19H20F3N3O3/c1-13(17(26)23-16-4-2-15(3-5-16)19(20,21)22)24-7-9-25(10-8-24)18(27)14-6-11-28-12-14/h2-6,11-13H,7-10H2,1H3,(H,23,26). The highest BCUT2D eigenvalue weighted by Crippen LogP contribution is 2.29. The van der Waals surface area contributed by atoms with E-state index in [2.05, 4.69) is 5.32 Å². The highest BCUT2D eigenvalue weighted by molar-refractivity contribution is 5.95. The van der Waals surface area contributed by atoms with Crippen molar-refractivity contribution in [1.82, 2.24) is 9.80 Å². The zero-order chi connectivity index (χ0) is 20.3. The van der Waals surface area contributed by atoms with E-state index in [0.717, 1.165) is 12.1 Å². The lowest BCUT2D eigenvalue weighted by Crippen LogP contribution is -2.54. The van der Waals surface area contributed by atoms with E-state index in [-0.39, 0.29) is 11.8 Å². The van der Waals surface area contributed by atoms with Gasteiger partial charge in [0.25, 0.3) is 5.91 Å². The van der Waals surface area contributed by atoms with Crippen LogP contribution in [-0.4, -0.2) is 53.8 Å². The molecular weight excluding hydrogens is 375 g/mol. The van der Waals surface area contributed by atoms with E-state index in [1.54, 1.807) is 17.9 Å². The summed E-state index contributed by atoms with van der Waals surface area (Å²) in [6.07, 6.45) is -1.57. The number of carbonyl (C=O) groups excluding carboxylic acids is 2. The predicted molar refractivity (Wildman–Crippen MR) is 95.7 cm³/mol. The monoisotopic (exact) mass is 395 g/mol. The lowest BCUT2D eigenvalue weighted by Gasteiger charge is -2.37. The number of piperazine rings is 1. The molecule has 3 rings (SSSR count). The largest absolute Gasteiger partial charge is 0.472 e. The van der Waals surface area contributed by atoms with Crippen molar-refractivity contribution in [3.8, 4) is 0 Å². The van der Waals surface area contributed by atoms with Crippen LogP contribution in [0.4, 0.5) is 18.9 Å². The molecule has 0 bridgehead atoms. The second-order valence-corrected chi connectivity index (χ2v) is 6.58. The maximum Gasteiger partial charge on any atom is 0.416 e. The molecule has 1 aromatic heterocycles. The van der Waals surface area contributed by atoms with Gasteiger partial charge in [-0.2, -0.15) is 13.2 Å². The Hall–Kier alpha value is -2.81. The molecule has 28 heavy (non-hydrogen) atoms. The van der Waals surface area contributed by atoms with Crippen molar-refractivity contribution >= 4 is 17.5 Å². The molecule has 1 N–H and O–H groups in total. The maximum absolute atomic E-state index is 12.6. The van der Waals surface area contributed by atoms with Gasteiger partial charge in [-0.15, -0.1) is 0 Å². The third-order valence-electron chi connectivity index (χ3n) is 4.78. The van der Waals surface area contributed by atoms with Crippen LogP contribution in [0.1, 0.15) is 22.8 Å². The van der Waals surface area contributed by atoms with Crippen LogP contribution in [0.5, 0.6) is 0 Å². The van der Waals surface area contributed by atoms with Crippen LogP contribution in [0.25, 0.3) is 0 Å². The number of furan rings is 1. The molecule has 1 fully saturated rings. The highest BCUT2D eigenvalue weighted by atomic mass is 19.4. The number of carbonyl (C=O) groups is 2. The SMILES string of the molecule is CC(C(=O)Nc1ccc(C(F)(F)F)cc1)N1CCN(C(=O)c2ccoc2)CC1. The van der Waals surface area contributed by atoms with Gasteiger partial charge in [-0.25, -0.2) is 0 Å². The molecule has 2 amide bonds. The van der Waals surface area contributed by atoms with E-state index >= 15 is 0 Å². The molecule has 150 valence electrons. The number of anilines is 1. The summed E-state index contributed by atoms with van der Waals surface area (Å²) in [5.74, 6) is -0.426. The van der Waals surface area contributed by atoms with Gasteiger partial charge >= 0.3 is 6.18 Å². The van der Waals surface area contributed by atoms with E-state index in [1.807, 2.05) is 4.90 Å². The lowest BCUT2D eigenvalue weighted by molar-refractivity contribution is -0.137. The smallest absolute Gasteiger partial charge is 0.416 e. The molecule has 2 heterocycles. The van der Waals surface area contributed by atoms with E-state index in [0.29, 0.717) is 37.4 Å². The fourth-order valence-corrected chi connectivity index (χ4v) is 3.04. The van der Waals surface area contributed by atoms with Crippen molar-refractivity contribution in [2.75, 3.05) is 31.5 Å². The van der Waals surface area contributed by atoms with Crippen LogP contribution >= 0.6 is 0 Å². The normalized spacial score (nSPS) is 16.6. The first-order valence-electron chi connectivity index (χ1n) is 8.79. The summed E-state index contributed by atoms with van der Waals surface area (Å²) in [6, 6.07) is 5.45. The van der Waals surface area contributed by atoms with Crippen LogP contribution in [-0.2, 0) is 11.0 Å². The first-order valence-corrected chi connectivity index (χ1v) is 8.79. The highest BCUT2D eigenvalue weighted by Gasteiger charge is 2.31. The Labute approximate surface area is 159 Å². The molecule has 2 aromatic rings. The number of nitrogens with zero attached hydrogens (tertiary/aromatic N) is 2. The van der Waals surface area contributed by atoms with E-state index < -0.39 is 17.8 Å². The Balaban J connectivity index is 1.52. The lowest BCUT2D eigenvalue weighted by atomic mass is 10.1. The van der Waals surface area contributed by atoms with Crippen LogP contribution in [0.15, 0.2) is 47.3 Å². The van der Waals surface area contributed by atoms with Crippen molar-refractivity contribution < 1.29 is 27.2 Å². The van der Waals surface area contributed by atoms with Crippen molar-refractivity contribution in [2.24, 2.45) is 0 Å². The van der Waals surface area contributed by atoms with Crippen molar-refractivity contribution in [3.63, 3.8) is 0 Å². The summed E-state index contributed by atoms with van der Waals surface area (Å²) in [7, 11) is 0. The van der Waals surface area contributed by atoms with Gasteiger partial charge in [0.2, 0.25) is 5.91 Å². The Morgan fingerprint density at radius 1 is 1.07 bits per heavy atom. The Morgan fingerprint density at radius 2 is 1.71 bits per heavy atom. The maximum atomic E-state index is 12.6. The zero-order valence-electron chi connectivity index (χ0n) is 15.2. The number of hydrogen-bond donors (Lipinski definition) is 1. The molecule has 1 unspecified atom stereocenters. The second kappa shape index (κ2) is 8.05. The first-order chi connectivity index (χ1) is 13.3. The molecule has 1 saturated heterocycles. The van der Waals surface area contributed by atoms with Crippen molar-refractivity contribution in [1.29, 1.82) is 0 Å². The molecule has 1 atom stereocenters. The summed E-state index contributed by atoms with van der Waals surface area (Å²) in [6.45, 7) is 3.72. The molecule has 6 nitrogen and oxygen atoms in total. The number of amides is 2. The van der Waals surface area contributed by atoms with E-state index in [1.165, 1.54) is 24.7 Å². The molecule has 1 aliphatic rings. The predicted octanol–water partition coefficient (Wildman–Crippen LogP) is 3.08. The molecule has 0 spiro atoms. The second-order valence-electron chi connectivity index (χ2n) is 6.58. The molecule has 0 radical (unpaired) electrons. The molecule has 0 aliphatic carbocycles. The summed E-state index contributed by atoms with van der Waals surface area (Å²) in [5, 5.41) is 2.63. The molecule has 9 heteroatoms. The van der Waals surface area contributed by atoms with Crippen LogP contribution in [0, 0.1) is 0 Å². The Bertz CT molecular complexity index is 811.